The van der Waals surface area contributed by atoms with Crippen LogP contribution in [0, 0.1) is 13.8 Å². The molecule has 3 nitrogen and oxygen atoms in total. The fourth-order valence-corrected chi connectivity index (χ4v) is 2.58. The first-order chi connectivity index (χ1) is 9.38. The zero-order chi connectivity index (χ0) is 14.9. The van der Waals surface area contributed by atoms with E-state index in [0.717, 1.165) is 28.3 Å². The standard InChI is InChI=1S/C15H17ClN2OS/c1-8-6-12(10(3)19-8)9(2)18-14-5-4-11(16)7-13(14)15(17)20/h4-7,9,18H,1-3H3,(H2,17,20). The molecule has 0 aliphatic carbocycles. The number of aryl methyl sites for hydroxylation is 2. The first-order valence-corrected chi connectivity index (χ1v) is 7.10. The highest BCUT2D eigenvalue weighted by Crippen LogP contribution is 2.28. The second-order valence-electron chi connectivity index (χ2n) is 4.79. The van der Waals surface area contributed by atoms with E-state index in [4.69, 9.17) is 34.0 Å². The Morgan fingerprint density at radius 2 is 2.05 bits per heavy atom. The summed E-state index contributed by atoms with van der Waals surface area (Å²) < 4.78 is 5.56. The lowest BCUT2D eigenvalue weighted by Crippen LogP contribution is -2.15. The van der Waals surface area contributed by atoms with Crippen LogP contribution in [-0.2, 0) is 0 Å². The minimum atomic E-state index is 0.0849. The van der Waals surface area contributed by atoms with Gasteiger partial charge in [0.25, 0.3) is 0 Å². The van der Waals surface area contributed by atoms with Crippen molar-refractivity contribution in [2.45, 2.75) is 26.8 Å². The van der Waals surface area contributed by atoms with Crippen molar-refractivity contribution in [3.63, 3.8) is 0 Å². The molecular formula is C15H17ClN2OS. The van der Waals surface area contributed by atoms with Crippen LogP contribution in [-0.4, -0.2) is 4.99 Å². The van der Waals surface area contributed by atoms with Gasteiger partial charge < -0.3 is 15.5 Å². The Morgan fingerprint density at radius 1 is 1.35 bits per heavy atom. The van der Waals surface area contributed by atoms with Crippen LogP contribution in [0.5, 0.6) is 0 Å². The zero-order valence-electron chi connectivity index (χ0n) is 11.7. The van der Waals surface area contributed by atoms with Crippen LogP contribution < -0.4 is 11.1 Å². The van der Waals surface area contributed by atoms with E-state index in [0.29, 0.717) is 10.0 Å². The highest BCUT2D eigenvalue weighted by atomic mass is 35.5. The maximum Gasteiger partial charge on any atom is 0.106 e. The van der Waals surface area contributed by atoms with Crippen LogP contribution in [0.4, 0.5) is 5.69 Å². The normalized spacial score (nSPS) is 12.2. The van der Waals surface area contributed by atoms with Crippen molar-refractivity contribution in [3.05, 3.63) is 51.9 Å². The SMILES string of the molecule is Cc1cc(C(C)Nc2ccc(Cl)cc2C(N)=S)c(C)o1. The van der Waals surface area contributed by atoms with Crippen molar-refractivity contribution in [1.82, 2.24) is 0 Å². The number of benzene rings is 1. The molecule has 0 bridgehead atoms. The van der Waals surface area contributed by atoms with Gasteiger partial charge in [-0.25, -0.2) is 0 Å². The van der Waals surface area contributed by atoms with Crippen molar-refractivity contribution in [2.75, 3.05) is 5.32 Å². The van der Waals surface area contributed by atoms with Crippen LogP contribution in [0.1, 0.15) is 35.6 Å². The smallest absolute Gasteiger partial charge is 0.106 e. The lowest BCUT2D eigenvalue weighted by Gasteiger charge is -2.17. The summed E-state index contributed by atoms with van der Waals surface area (Å²) in [7, 11) is 0. The molecule has 3 N–H and O–H groups in total. The van der Waals surface area contributed by atoms with Gasteiger partial charge in [-0.15, -0.1) is 0 Å². The molecule has 1 heterocycles. The number of hydrogen-bond acceptors (Lipinski definition) is 3. The molecule has 20 heavy (non-hydrogen) atoms. The van der Waals surface area contributed by atoms with E-state index in [1.165, 1.54) is 0 Å². The van der Waals surface area contributed by atoms with E-state index in [1.54, 1.807) is 6.07 Å². The molecule has 2 aromatic rings. The van der Waals surface area contributed by atoms with E-state index in [1.807, 2.05) is 32.0 Å². The van der Waals surface area contributed by atoms with Crippen molar-refractivity contribution < 1.29 is 4.42 Å². The molecule has 2 rings (SSSR count). The fraction of sp³-hybridized carbons (Fsp3) is 0.267. The topological polar surface area (TPSA) is 51.2 Å². The minimum Gasteiger partial charge on any atom is -0.466 e. The predicted octanol–water partition coefficient (Wildman–Crippen LogP) is 4.36. The summed E-state index contributed by atoms with van der Waals surface area (Å²) in [4.78, 5) is 0.322. The maximum atomic E-state index is 5.99. The molecule has 0 saturated heterocycles. The summed E-state index contributed by atoms with van der Waals surface area (Å²) in [6.45, 7) is 5.96. The quantitative estimate of drug-likeness (QED) is 0.824. The molecule has 1 aromatic carbocycles. The average Bonchev–Trinajstić information content (AvgIpc) is 2.70. The summed E-state index contributed by atoms with van der Waals surface area (Å²) in [5.74, 6) is 1.81. The molecule has 0 saturated carbocycles. The third-order valence-electron chi connectivity index (χ3n) is 3.16. The highest BCUT2D eigenvalue weighted by Gasteiger charge is 2.15. The number of halogens is 1. The number of hydrogen-bond donors (Lipinski definition) is 2. The fourth-order valence-electron chi connectivity index (χ4n) is 2.24. The molecule has 0 radical (unpaired) electrons. The Kier molecular flexibility index (Phi) is 4.35. The van der Waals surface area contributed by atoms with Gasteiger partial charge in [0, 0.05) is 21.8 Å². The first-order valence-electron chi connectivity index (χ1n) is 6.31. The number of rotatable bonds is 4. The Bertz CT molecular complexity index is 651. The predicted molar refractivity (Wildman–Crippen MR) is 87.6 cm³/mol. The van der Waals surface area contributed by atoms with E-state index in [-0.39, 0.29) is 6.04 Å². The maximum absolute atomic E-state index is 5.99. The number of nitrogens with two attached hydrogens (primary N) is 1. The molecule has 0 fully saturated rings. The van der Waals surface area contributed by atoms with Gasteiger partial charge in [-0.05, 0) is 45.0 Å². The number of anilines is 1. The Labute approximate surface area is 129 Å². The molecule has 1 atom stereocenters. The van der Waals surface area contributed by atoms with Crippen LogP contribution in [0.3, 0.4) is 0 Å². The van der Waals surface area contributed by atoms with Crippen molar-refractivity contribution >= 4 is 34.5 Å². The van der Waals surface area contributed by atoms with Gasteiger partial charge in [-0.2, -0.15) is 0 Å². The zero-order valence-corrected chi connectivity index (χ0v) is 13.2. The summed E-state index contributed by atoms with van der Waals surface area (Å²) in [5.41, 5.74) is 8.48. The monoisotopic (exact) mass is 308 g/mol. The van der Waals surface area contributed by atoms with E-state index >= 15 is 0 Å². The third kappa shape index (κ3) is 3.14. The van der Waals surface area contributed by atoms with E-state index in [2.05, 4.69) is 12.2 Å². The summed E-state index contributed by atoms with van der Waals surface area (Å²) >= 11 is 11.1. The third-order valence-corrected chi connectivity index (χ3v) is 3.62. The molecule has 0 aliphatic heterocycles. The van der Waals surface area contributed by atoms with Gasteiger partial charge in [0.15, 0.2) is 0 Å². The lowest BCUT2D eigenvalue weighted by molar-refractivity contribution is 0.500. The van der Waals surface area contributed by atoms with E-state index < -0.39 is 0 Å². The van der Waals surface area contributed by atoms with Crippen LogP contribution in [0.15, 0.2) is 28.7 Å². The molecular weight excluding hydrogens is 292 g/mol. The van der Waals surface area contributed by atoms with Crippen molar-refractivity contribution in [3.8, 4) is 0 Å². The van der Waals surface area contributed by atoms with Gasteiger partial charge in [0.1, 0.15) is 16.5 Å². The minimum absolute atomic E-state index is 0.0849. The Morgan fingerprint density at radius 3 is 2.60 bits per heavy atom. The van der Waals surface area contributed by atoms with E-state index in [9.17, 15) is 0 Å². The molecule has 0 amide bonds. The largest absolute Gasteiger partial charge is 0.466 e. The van der Waals surface area contributed by atoms with Gasteiger partial charge in [-0.3, -0.25) is 0 Å². The number of thiocarbonyl (C=S) groups is 1. The second kappa shape index (κ2) is 5.85. The number of nitrogens with one attached hydrogen (secondary N) is 1. The van der Waals surface area contributed by atoms with Gasteiger partial charge in [-0.1, -0.05) is 23.8 Å². The molecule has 0 aliphatic rings. The molecule has 106 valence electrons. The molecule has 1 unspecified atom stereocenters. The molecule has 5 heteroatoms. The average molecular weight is 309 g/mol. The highest BCUT2D eigenvalue weighted by molar-refractivity contribution is 7.80. The Hall–Kier alpha value is -1.52. The molecule has 0 spiro atoms. The van der Waals surface area contributed by atoms with Gasteiger partial charge in [0.2, 0.25) is 0 Å². The van der Waals surface area contributed by atoms with Gasteiger partial charge in [0.05, 0.1) is 6.04 Å². The summed E-state index contributed by atoms with van der Waals surface area (Å²) in [5, 5.41) is 4.02. The van der Waals surface area contributed by atoms with Crippen molar-refractivity contribution in [2.24, 2.45) is 5.73 Å². The molecule has 1 aromatic heterocycles. The number of furan rings is 1. The van der Waals surface area contributed by atoms with Crippen LogP contribution >= 0.6 is 23.8 Å². The van der Waals surface area contributed by atoms with Crippen LogP contribution in [0.25, 0.3) is 0 Å². The van der Waals surface area contributed by atoms with Crippen molar-refractivity contribution in [1.29, 1.82) is 0 Å². The first kappa shape index (κ1) is 14.9. The lowest BCUT2D eigenvalue weighted by atomic mass is 10.1. The van der Waals surface area contributed by atoms with Gasteiger partial charge >= 0.3 is 0 Å². The summed E-state index contributed by atoms with van der Waals surface area (Å²) in [6.07, 6.45) is 0. The Balaban J connectivity index is 2.30. The second-order valence-corrected chi connectivity index (χ2v) is 5.67. The summed E-state index contributed by atoms with van der Waals surface area (Å²) in [6, 6.07) is 7.58. The van der Waals surface area contributed by atoms with Crippen LogP contribution in [0.2, 0.25) is 5.02 Å².